The fourth-order valence-electron chi connectivity index (χ4n) is 1.69. The highest BCUT2D eigenvalue weighted by Crippen LogP contribution is 2.27. The molecule has 1 unspecified atom stereocenters. The van der Waals surface area contributed by atoms with Crippen molar-refractivity contribution in [2.24, 2.45) is 0 Å². The lowest BCUT2D eigenvalue weighted by atomic mass is 10.3. The largest absolute Gasteiger partial charge is 0.490 e. The first kappa shape index (κ1) is 15.8. The van der Waals surface area contributed by atoms with E-state index in [1.807, 2.05) is 31.2 Å². The first-order valence-electron chi connectivity index (χ1n) is 6.78. The van der Waals surface area contributed by atoms with Crippen molar-refractivity contribution >= 4 is 0 Å². The van der Waals surface area contributed by atoms with Gasteiger partial charge in [0.25, 0.3) is 0 Å². The summed E-state index contributed by atoms with van der Waals surface area (Å²) in [6, 6.07) is 8.14. The van der Waals surface area contributed by atoms with Gasteiger partial charge in [0.15, 0.2) is 11.5 Å². The van der Waals surface area contributed by atoms with E-state index >= 15 is 0 Å². The maximum atomic E-state index is 5.98. The molecule has 0 aliphatic rings. The minimum absolute atomic E-state index is 0.0333. The number of para-hydroxylation sites is 2. The second-order valence-electron chi connectivity index (χ2n) is 4.64. The smallest absolute Gasteiger partial charge is 0.161 e. The Morgan fingerprint density at radius 2 is 1.84 bits per heavy atom. The van der Waals surface area contributed by atoms with Gasteiger partial charge in [-0.1, -0.05) is 26.0 Å². The molecule has 0 aliphatic heterocycles. The lowest BCUT2D eigenvalue weighted by molar-refractivity contribution is 0.0769. The van der Waals surface area contributed by atoms with Crippen LogP contribution in [0.15, 0.2) is 24.3 Å². The number of hydrogen-bond donors (Lipinski definition) is 1. The van der Waals surface area contributed by atoms with Crippen molar-refractivity contribution in [1.29, 1.82) is 0 Å². The van der Waals surface area contributed by atoms with Gasteiger partial charge in [-0.3, -0.25) is 0 Å². The van der Waals surface area contributed by atoms with Crippen LogP contribution in [-0.2, 0) is 4.74 Å². The van der Waals surface area contributed by atoms with E-state index in [4.69, 9.17) is 14.2 Å². The summed E-state index contributed by atoms with van der Waals surface area (Å²) in [6.45, 7) is 8.09. The zero-order chi connectivity index (χ0) is 14.1. The molecule has 1 aromatic carbocycles. The first-order valence-corrected chi connectivity index (χ1v) is 6.78. The van der Waals surface area contributed by atoms with Gasteiger partial charge >= 0.3 is 0 Å². The second-order valence-corrected chi connectivity index (χ2v) is 4.64. The second kappa shape index (κ2) is 8.77. The lowest BCUT2D eigenvalue weighted by Gasteiger charge is -2.21. The Morgan fingerprint density at radius 3 is 2.42 bits per heavy atom. The molecule has 19 heavy (non-hydrogen) atoms. The highest BCUT2D eigenvalue weighted by molar-refractivity contribution is 5.39. The van der Waals surface area contributed by atoms with Gasteiger partial charge in [-0.2, -0.15) is 0 Å². The van der Waals surface area contributed by atoms with Crippen LogP contribution in [0.5, 0.6) is 11.5 Å². The molecule has 108 valence electrons. The fourth-order valence-corrected chi connectivity index (χ4v) is 1.69. The van der Waals surface area contributed by atoms with Crippen molar-refractivity contribution in [1.82, 2.24) is 5.32 Å². The first-order chi connectivity index (χ1) is 9.17. The van der Waals surface area contributed by atoms with Crippen molar-refractivity contribution < 1.29 is 14.2 Å². The molecule has 0 saturated carbocycles. The maximum Gasteiger partial charge on any atom is 0.161 e. The van der Waals surface area contributed by atoms with Gasteiger partial charge in [0, 0.05) is 19.7 Å². The van der Waals surface area contributed by atoms with Crippen molar-refractivity contribution in [3.63, 3.8) is 0 Å². The lowest BCUT2D eigenvalue weighted by Crippen LogP contribution is -2.38. The summed E-state index contributed by atoms with van der Waals surface area (Å²) < 4.78 is 16.7. The fraction of sp³-hybridized carbons (Fsp3) is 0.600. The maximum absolute atomic E-state index is 5.98. The van der Waals surface area contributed by atoms with E-state index in [1.54, 1.807) is 7.11 Å². The standard InChI is InChI=1S/C15H25NO3/c1-5-18-14-8-6-7-9-15(14)19-13(11-17-4)10-16-12(2)3/h6-9,12-13,16H,5,10-11H2,1-4H3. The minimum atomic E-state index is -0.0333. The van der Waals surface area contributed by atoms with Crippen LogP contribution in [0, 0.1) is 0 Å². The average Bonchev–Trinajstić information content (AvgIpc) is 2.38. The number of methoxy groups -OCH3 is 1. The monoisotopic (exact) mass is 267 g/mol. The Bertz CT molecular complexity index is 355. The van der Waals surface area contributed by atoms with E-state index in [9.17, 15) is 0 Å². The highest BCUT2D eigenvalue weighted by Gasteiger charge is 2.13. The summed E-state index contributed by atoms with van der Waals surface area (Å²) in [7, 11) is 1.68. The summed E-state index contributed by atoms with van der Waals surface area (Å²) in [5.41, 5.74) is 0. The number of rotatable bonds is 9. The summed E-state index contributed by atoms with van der Waals surface area (Å²) in [6.07, 6.45) is -0.0333. The molecule has 0 saturated heterocycles. The Labute approximate surface area is 116 Å². The normalized spacial score (nSPS) is 12.5. The average molecular weight is 267 g/mol. The van der Waals surface area contributed by atoms with E-state index in [-0.39, 0.29) is 6.10 Å². The summed E-state index contributed by atoms with van der Waals surface area (Å²) in [5.74, 6) is 1.53. The third kappa shape index (κ3) is 5.94. The molecule has 0 aromatic heterocycles. The molecule has 1 N–H and O–H groups in total. The molecule has 1 aromatic rings. The van der Waals surface area contributed by atoms with Gasteiger partial charge in [0.05, 0.1) is 13.2 Å². The molecule has 0 radical (unpaired) electrons. The Balaban J connectivity index is 2.66. The Hall–Kier alpha value is -1.26. The van der Waals surface area contributed by atoms with Gasteiger partial charge in [-0.25, -0.2) is 0 Å². The molecule has 1 rings (SSSR count). The summed E-state index contributed by atoms with van der Waals surface area (Å²) in [4.78, 5) is 0. The van der Waals surface area contributed by atoms with Crippen molar-refractivity contribution in [3.8, 4) is 11.5 Å². The molecule has 0 heterocycles. The quantitative estimate of drug-likeness (QED) is 0.746. The van der Waals surface area contributed by atoms with Crippen LogP contribution >= 0.6 is 0 Å². The topological polar surface area (TPSA) is 39.7 Å². The SMILES string of the molecule is CCOc1ccccc1OC(CNC(C)C)COC. The zero-order valence-electron chi connectivity index (χ0n) is 12.3. The third-order valence-electron chi connectivity index (χ3n) is 2.55. The minimum Gasteiger partial charge on any atom is -0.490 e. The van der Waals surface area contributed by atoms with Crippen LogP contribution in [0.2, 0.25) is 0 Å². The van der Waals surface area contributed by atoms with E-state index < -0.39 is 0 Å². The molecule has 4 nitrogen and oxygen atoms in total. The van der Waals surface area contributed by atoms with Gasteiger partial charge in [-0.05, 0) is 19.1 Å². The molecule has 0 spiro atoms. The molecular formula is C15H25NO3. The van der Waals surface area contributed by atoms with E-state index in [0.717, 1.165) is 18.0 Å². The van der Waals surface area contributed by atoms with Gasteiger partial charge in [-0.15, -0.1) is 0 Å². The molecule has 0 aliphatic carbocycles. The third-order valence-corrected chi connectivity index (χ3v) is 2.55. The summed E-state index contributed by atoms with van der Waals surface area (Å²) >= 11 is 0. The number of benzene rings is 1. The highest BCUT2D eigenvalue weighted by atomic mass is 16.5. The predicted molar refractivity (Wildman–Crippen MR) is 77.0 cm³/mol. The van der Waals surface area contributed by atoms with E-state index in [0.29, 0.717) is 19.3 Å². The molecule has 0 bridgehead atoms. The van der Waals surface area contributed by atoms with Gasteiger partial charge in [0.1, 0.15) is 6.10 Å². The number of hydrogen-bond acceptors (Lipinski definition) is 4. The van der Waals surface area contributed by atoms with Crippen LogP contribution in [0.1, 0.15) is 20.8 Å². The van der Waals surface area contributed by atoms with E-state index in [1.165, 1.54) is 0 Å². The van der Waals surface area contributed by atoms with Gasteiger partial charge < -0.3 is 19.5 Å². The summed E-state index contributed by atoms with van der Waals surface area (Å²) in [5, 5.41) is 3.36. The van der Waals surface area contributed by atoms with Crippen molar-refractivity contribution in [2.75, 3.05) is 26.9 Å². The van der Waals surface area contributed by atoms with Crippen LogP contribution in [0.25, 0.3) is 0 Å². The molecule has 0 amide bonds. The van der Waals surface area contributed by atoms with Gasteiger partial charge in [0.2, 0.25) is 0 Å². The van der Waals surface area contributed by atoms with E-state index in [2.05, 4.69) is 19.2 Å². The van der Waals surface area contributed by atoms with Crippen molar-refractivity contribution in [3.05, 3.63) is 24.3 Å². The molecule has 1 atom stereocenters. The van der Waals surface area contributed by atoms with Crippen LogP contribution in [0.4, 0.5) is 0 Å². The zero-order valence-corrected chi connectivity index (χ0v) is 12.3. The molecular weight excluding hydrogens is 242 g/mol. The number of nitrogens with one attached hydrogen (secondary N) is 1. The molecule has 0 fully saturated rings. The van der Waals surface area contributed by atoms with Crippen LogP contribution in [0.3, 0.4) is 0 Å². The Kier molecular flexibility index (Phi) is 7.30. The number of ether oxygens (including phenoxy) is 3. The van der Waals surface area contributed by atoms with Crippen molar-refractivity contribution in [2.45, 2.75) is 32.9 Å². The van der Waals surface area contributed by atoms with Crippen LogP contribution < -0.4 is 14.8 Å². The predicted octanol–water partition coefficient (Wildman–Crippen LogP) is 2.48. The van der Waals surface area contributed by atoms with Crippen LogP contribution in [-0.4, -0.2) is 39.0 Å². The molecule has 4 heteroatoms. The Morgan fingerprint density at radius 1 is 1.16 bits per heavy atom.